The van der Waals surface area contributed by atoms with Gasteiger partial charge in [-0.25, -0.2) is 8.78 Å². The Morgan fingerprint density at radius 2 is 2.06 bits per heavy atom. The Bertz CT molecular complexity index is 483. The van der Waals surface area contributed by atoms with Gasteiger partial charge in [-0.2, -0.15) is 5.26 Å². The number of nitriles is 1. The molecule has 0 spiro atoms. The average molecular weight is 331 g/mol. The van der Waals surface area contributed by atoms with Crippen molar-refractivity contribution in [1.82, 2.24) is 4.98 Å². The quantitative estimate of drug-likeness (QED) is 0.793. The predicted octanol–water partition coefficient (Wildman–Crippen LogP) is 3.75. The SMILES string of the molecule is N#CCc1c(C(F)F)ncc(OC(F)(F)F)c1Br. The highest BCUT2D eigenvalue weighted by Gasteiger charge is 2.33. The van der Waals surface area contributed by atoms with E-state index in [1.807, 2.05) is 0 Å². The summed E-state index contributed by atoms with van der Waals surface area (Å²) in [6, 6.07) is 1.57. The second kappa shape index (κ2) is 5.48. The number of hydrogen-bond acceptors (Lipinski definition) is 3. The van der Waals surface area contributed by atoms with Crippen LogP contribution in [0.15, 0.2) is 10.7 Å². The number of rotatable bonds is 3. The van der Waals surface area contributed by atoms with Crippen LogP contribution in [0.3, 0.4) is 0 Å². The third kappa shape index (κ3) is 3.53. The van der Waals surface area contributed by atoms with E-state index in [-0.39, 0.29) is 10.0 Å². The fourth-order valence-corrected chi connectivity index (χ4v) is 1.68. The van der Waals surface area contributed by atoms with Gasteiger partial charge >= 0.3 is 6.36 Å². The maximum Gasteiger partial charge on any atom is 0.573 e. The zero-order chi connectivity index (χ0) is 13.9. The Morgan fingerprint density at radius 1 is 1.44 bits per heavy atom. The van der Waals surface area contributed by atoms with E-state index in [2.05, 4.69) is 25.7 Å². The topological polar surface area (TPSA) is 45.9 Å². The van der Waals surface area contributed by atoms with E-state index in [4.69, 9.17) is 5.26 Å². The van der Waals surface area contributed by atoms with Gasteiger partial charge in [-0.15, -0.1) is 13.2 Å². The van der Waals surface area contributed by atoms with Crippen LogP contribution in [-0.4, -0.2) is 11.3 Å². The molecule has 0 aliphatic carbocycles. The van der Waals surface area contributed by atoms with Crippen LogP contribution in [0.4, 0.5) is 22.0 Å². The molecule has 0 unspecified atom stereocenters. The van der Waals surface area contributed by atoms with Crippen molar-refractivity contribution in [3.63, 3.8) is 0 Å². The molecule has 0 bridgehead atoms. The highest BCUT2D eigenvalue weighted by atomic mass is 79.9. The lowest BCUT2D eigenvalue weighted by Crippen LogP contribution is -2.18. The number of halogens is 6. The summed E-state index contributed by atoms with van der Waals surface area (Å²) in [6.45, 7) is 0. The smallest absolute Gasteiger partial charge is 0.403 e. The molecule has 18 heavy (non-hydrogen) atoms. The molecule has 0 aliphatic heterocycles. The summed E-state index contributed by atoms with van der Waals surface area (Å²) in [7, 11) is 0. The molecule has 0 amide bonds. The van der Waals surface area contributed by atoms with Crippen molar-refractivity contribution in [3.8, 4) is 11.8 Å². The van der Waals surface area contributed by atoms with Crippen molar-refractivity contribution >= 4 is 15.9 Å². The fraction of sp³-hybridized carbons (Fsp3) is 0.333. The summed E-state index contributed by atoms with van der Waals surface area (Å²) in [5.74, 6) is -0.767. The van der Waals surface area contributed by atoms with Crippen molar-refractivity contribution in [2.24, 2.45) is 0 Å². The first-order chi connectivity index (χ1) is 8.26. The number of pyridine rings is 1. The van der Waals surface area contributed by atoms with Crippen LogP contribution in [0.25, 0.3) is 0 Å². The Kier molecular flexibility index (Phi) is 4.45. The number of alkyl halides is 5. The first kappa shape index (κ1) is 14.6. The fourth-order valence-electron chi connectivity index (χ4n) is 1.16. The molecule has 0 aliphatic rings. The zero-order valence-electron chi connectivity index (χ0n) is 8.43. The van der Waals surface area contributed by atoms with Gasteiger partial charge in [0.25, 0.3) is 6.43 Å². The highest BCUT2D eigenvalue weighted by molar-refractivity contribution is 9.10. The lowest BCUT2D eigenvalue weighted by atomic mass is 10.1. The molecule has 0 N–H and O–H groups in total. The third-order valence-electron chi connectivity index (χ3n) is 1.80. The molecule has 0 aromatic carbocycles. The maximum atomic E-state index is 12.5. The van der Waals surface area contributed by atoms with Crippen LogP contribution in [0.1, 0.15) is 17.7 Å². The average Bonchev–Trinajstić information content (AvgIpc) is 2.22. The van der Waals surface area contributed by atoms with Crippen LogP contribution in [0.2, 0.25) is 0 Å². The minimum Gasteiger partial charge on any atom is -0.403 e. The Hall–Kier alpha value is -1.43. The largest absolute Gasteiger partial charge is 0.573 e. The number of hydrogen-bond donors (Lipinski definition) is 0. The van der Waals surface area contributed by atoms with Gasteiger partial charge in [0.15, 0.2) is 5.75 Å². The maximum absolute atomic E-state index is 12.5. The van der Waals surface area contributed by atoms with Gasteiger partial charge in [0.2, 0.25) is 0 Å². The molecular weight excluding hydrogens is 327 g/mol. The van der Waals surface area contributed by atoms with E-state index < -0.39 is 30.7 Å². The lowest BCUT2D eigenvalue weighted by molar-refractivity contribution is -0.275. The van der Waals surface area contributed by atoms with Gasteiger partial charge in [-0.05, 0) is 15.9 Å². The number of aromatic nitrogens is 1. The Labute approximate surface area is 106 Å². The molecule has 1 heterocycles. The minimum atomic E-state index is -4.97. The predicted molar refractivity (Wildman–Crippen MR) is 52.9 cm³/mol. The van der Waals surface area contributed by atoms with Gasteiger partial charge in [-0.3, -0.25) is 4.98 Å². The van der Waals surface area contributed by atoms with Gasteiger partial charge in [0.05, 0.1) is 23.2 Å². The summed E-state index contributed by atoms with van der Waals surface area (Å²) < 4.78 is 64.4. The molecule has 9 heteroatoms. The molecule has 0 saturated heterocycles. The van der Waals surface area contributed by atoms with E-state index in [1.165, 1.54) is 0 Å². The monoisotopic (exact) mass is 330 g/mol. The zero-order valence-corrected chi connectivity index (χ0v) is 10.0. The van der Waals surface area contributed by atoms with E-state index in [0.29, 0.717) is 6.20 Å². The second-order valence-corrected chi connectivity index (χ2v) is 3.78. The third-order valence-corrected chi connectivity index (χ3v) is 2.67. The van der Waals surface area contributed by atoms with E-state index in [1.54, 1.807) is 6.07 Å². The summed E-state index contributed by atoms with van der Waals surface area (Å²) >= 11 is 2.70. The standard InChI is InChI=1S/C9H4BrF5N2O/c10-6-4(1-2-16)7(8(11)12)17-3-5(6)18-9(13,14)15/h3,8H,1H2. The summed E-state index contributed by atoms with van der Waals surface area (Å²) in [5.41, 5.74) is -1.08. The molecule has 0 radical (unpaired) electrons. The van der Waals surface area contributed by atoms with Crippen LogP contribution in [-0.2, 0) is 6.42 Å². The van der Waals surface area contributed by atoms with Crippen LogP contribution < -0.4 is 4.74 Å². The van der Waals surface area contributed by atoms with Gasteiger partial charge in [0, 0.05) is 5.56 Å². The molecule has 1 aromatic heterocycles. The van der Waals surface area contributed by atoms with Gasteiger partial charge in [0.1, 0.15) is 5.69 Å². The Balaban J connectivity index is 3.26. The number of ether oxygens (including phenoxy) is 1. The molecule has 0 atom stereocenters. The Morgan fingerprint density at radius 3 is 2.50 bits per heavy atom. The van der Waals surface area contributed by atoms with Crippen molar-refractivity contribution in [2.75, 3.05) is 0 Å². The molecule has 3 nitrogen and oxygen atoms in total. The van der Waals surface area contributed by atoms with E-state index in [9.17, 15) is 22.0 Å². The first-order valence-corrected chi connectivity index (χ1v) is 5.13. The number of nitrogens with zero attached hydrogens (tertiary/aromatic N) is 2. The van der Waals surface area contributed by atoms with Crippen molar-refractivity contribution in [1.29, 1.82) is 5.26 Å². The summed E-state index contributed by atoms with van der Waals surface area (Å²) in [5, 5.41) is 8.47. The van der Waals surface area contributed by atoms with Gasteiger partial charge < -0.3 is 4.74 Å². The van der Waals surface area contributed by atoms with Crippen LogP contribution in [0, 0.1) is 11.3 Å². The molecule has 98 valence electrons. The van der Waals surface area contributed by atoms with E-state index >= 15 is 0 Å². The molecular formula is C9H4BrF5N2O. The minimum absolute atomic E-state index is 0.325. The molecule has 1 rings (SSSR count). The summed E-state index contributed by atoms with van der Waals surface area (Å²) in [4.78, 5) is 3.19. The van der Waals surface area contributed by atoms with Crippen molar-refractivity contribution in [2.45, 2.75) is 19.2 Å². The molecule has 0 fully saturated rings. The van der Waals surface area contributed by atoms with Crippen LogP contribution in [0.5, 0.6) is 5.75 Å². The first-order valence-electron chi connectivity index (χ1n) is 4.34. The lowest BCUT2D eigenvalue weighted by Gasteiger charge is -2.14. The molecule has 0 saturated carbocycles. The van der Waals surface area contributed by atoms with Crippen molar-refractivity contribution in [3.05, 3.63) is 21.9 Å². The van der Waals surface area contributed by atoms with Crippen molar-refractivity contribution < 1.29 is 26.7 Å². The highest BCUT2D eigenvalue weighted by Crippen LogP contribution is 2.36. The second-order valence-electron chi connectivity index (χ2n) is 2.98. The normalized spacial score (nSPS) is 11.4. The molecule has 1 aromatic rings. The van der Waals surface area contributed by atoms with Gasteiger partial charge in [-0.1, -0.05) is 0 Å². The van der Waals surface area contributed by atoms with Crippen LogP contribution >= 0.6 is 15.9 Å². The van der Waals surface area contributed by atoms with E-state index in [0.717, 1.165) is 0 Å². The summed E-state index contributed by atoms with van der Waals surface area (Å²) in [6.07, 6.45) is -7.95.